The van der Waals surface area contributed by atoms with Crippen LogP contribution in [0.2, 0.25) is 0 Å². The molecule has 27 heavy (non-hydrogen) atoms. The summed E-state index contributed by atoms with van der Waals surface area (Å²) in [5.41, 5.74) is 9.12. The number of hydrogen-bond acceptors (Lipinski definition) is 1. The molecule has 1 heteroatoms. The van der Waals surface area contributed by atoms with Crippen LogP contribution in [0, 0.1) is 12.3 Å². The van der Waals surface area contributed by atoms with Crippen LogP contribution >= 0.6 is 0 Å². The van der Waals surface area contributed by atoms with Gasteiger partial charge in [0, 0.05) is 11.1 Å². The normalized spacial score (nSPS) is 15.6. The van der Waals surface area contributed by atoms with Crippen molar-refractivity contribution in [3.63, 3.8) is 0 Å². The van der Waals surface area contributed by atoms with Crippen molar-refractivity contribution in [1.82, 2.24) is 0 Å². The zero-order valence-corrected chi connectivity index (χ0v) is 16.6. The van der Waals surface area contributed by atoms with E-state index in [1.54, 1.807) is 0 Å². The van der Waals surface area contributed by atoms with E-state index >= 15 is 0 Å². The lowest BCUT2D eigenvalue weighted by Crippen LogP contribution is -2.26. The fraction of sp³-hybridized carbons (Fsp3) is 0.308. The second-order valence-electron chi connectivity index (χ2n) is 8.11. The molecule has 3 aromatic rings. The van der Waals surface area contributed by atoms with E-state index < -0.39 is 0 Å². The SMILES string of the molecule is C=C1CC(CC)(CC)Cc2ccc(-c3cc(-c4cccc(C)c4)co3)cc21. The number of allylic oxidation sites excluding steroid dienone is 1. The van der Waals surface area contributed by atoms with E-state index in [4.69, 9.17) is 4.42 Å². The Hall–Kier alpha value is -2.54. The first-order valence-electron chi connectivity index (χ1n) is 10.0. The number of fused-ring (bicyclic) bond motifs is 1. The van der Waals surface area contributed by atoms with E-state index in [9.17, 15) is 0 Å². The lowest BCUT2D eigenvalue weighted by Gasteiger charge is -2.38. The molecule has 0 bridgehead atoms. The van der Waals surface area contributed by atoms with Gasteiger partial charge in [0.15, 0.2) is 0 Å². The molecule has 0 saturated heterocycles. The van der Waals surface area contributed by atoms with E-state index in [0.717, 1.165) is 29.7 Å². The van der Waals surface area contributed by atoms with Crippen LogP contribution in [-0.4, -0.2) is 0 Å². The Balaban J connectivity index is 1.68. The quantitative estimate of drug-likeness (QED) is 0.467. The molecule has 1 aliphatic rings. The van der Waals surface area contributed by atoms with Crippen molar-refractivity contribution in [2.45, 2.75) is 46.5 Å². The van der Waals surface area contributed by atoms with Gasteiger partial charge in [-0.2, -0.15) is 0 Å². The van der Waals surface area contributed by atoms with Crippen molar-refractivity contribution in [1.29, 1.82) is 0 Å². The van der Waals surface area contributed by atoms with Crippen LogP contribution in [0.5, 0.6) is 0 Å². The van der Waals surface area contributed by atoms with Crippen LogP contribution < -0.4 is 0 Å². The van der Waals surface area contributed by atoms with Crippen molar-refractivity contribution in [3.8, 4) is 22.5 Å². The molecular formula is C26H28O. The summed E-state index contributed by atoms with van der Waals surface area (Å²) in [7, 11) is 0. The molecule has 0 radical (unpaired) electrons. The third kappa shape index (κ3) is 3.27. The molecule has 1 aromatic heterocycles. The van der Waals surface area contributed by atoms with Gasteiger partial charge < -0.3 is 4.42 Å². The fourth-order valence-electron chi connectivity index (χ4n) is 4.44. The maximum atomic E-state index is 5.92. The summed E-state index contributed by atoms with van der Waals surface area (Å²) in [5, 5.41) is 0. The lowest BCUT2D eigenvalue weighted by atomic mass is 9.66. The highest BCUT2D eigenvalue weighted by atomic mass is 16.3. The predicted octanol–water partition coefficient (Wildman–Crippen LogP) is 7.69. The summed E-state index contributed by atoms with van der Waals surface area (Å²) >= 11 is 0. The van der Waals surface area contributed by atoms with Gasteiger partial charge in [0.2, 0.25) is 0 Å². The van der Waals surface area contributed by atoms with Crippen molar-refractivity contribution >= 4 is 5.57 Å². The predicted molar refractivity (Wildman–Crippen MR) is 115 cm³/mol. The maximum absolute atomic E-state index is 5.92. The summed E-state index contributed by atoms with van der Waals surface area (Å²) in [4.78, 5) is 0. The molecule has 1 aliphatic carbocycles. The molecule has 0 saturated carbocycles. The first kappa shape index (κ1) is 17.9. The fourth-order valence-corrected chi connectivity index (χ4v) is 4.44. The molecule has 1 nitrogen and oxygen atoms in total. The number of rotatable bonds is 4. The Morgan fingerprint density at radius 2 is 1.74 bits per heavy atom. The molecule has 0 unspecified atom stereocenters. The van der Waals surface area contributed by atoms with E-state index in [1.807, 2.05) is 6.26 Å². The minimum absolute atomic E-state index is 0.384. The third-order valence-corrected chi connectivity index (χ3v) is 6.38. The van der Waals surface area contributed by atoms with E-state index in [2.05, 4.69) is 75.9 Å². The van der Waals surface area contributed by atoms with Crippen LogP contribution in [0.4, 0.5) is 0 Å². The van der Waals surface area contributed by atoms with Gasteiger partial charge in [0.05, 0.1) is 6.26 Å². The molecule has 0 amide bonds. The molecule has 0 spiro atoms. The van der Waals surface area contributed by atoms with E-state index in [0.29, 0.717) is 5.41 Å². The van der Waals surface area contributed by atoms with Crippen molar-refractivity contribution < 1.29 is 4.42 Å². The number of benzene rings is 2. The van der Waals surface area contributed by atoms with Gasteiger partial charge in [-0.25, -0.2) is 0 Å². The van der Waals surface area contributed by atoms with Crippen molar-refractivity contribution in [3.05, 3.63) is 78.1 Å². The summed E-state index contributed by atoms with van der Waals surface area (Å²) in [6, 6.07) is 17.4. The Labute approximate surface area is 162 Å². The van der Waals surface area contributed by atoms with Crippen LogP contribution in [0.1, 0.15) is 49.8 Å². The standard InChI is InChI=1S/C26H28O/c1-5-26(6-2)15-19(4)24-13-21(10-11-22(24)16-26)25-14-23(17-27-25)20-9-7-8-18(3)12-20/h7-14,17H,4-6,15-16H2,1-3H3. The molecule has 138 valence electrons. The van der Waals surface area contributed by atoms with Gasteiger partial charge in [-0.3, -0.25) is 0 Å². The van der Waals surface area contributed by atoms with Gasteiger partial charge >= 0.3 is 0 Å². The van der Waals surface area contributed by atoms with E-state index in [-0.39, 0.29) is 0 Å². The Morgan fingerprint density at radius 1 is 0.926 bits per heavy atom. The lowest BCUT2D eigenvalue weighted by molar-refractivity contribution is 0.261. The summed E-state index contributed by atoms with van der Waals surface area (Å²) < 4.78 is 5.92. The Morgan fingerprint density at radius 3 is 2.48 bits per heavy atom. The van der Waals surface area contributed by atoms with Gasteiger partial charge in [0.25, 0.3) is 0 Å². The molecule has 0 atom stereocenters. The molecule has 0 N–H and O–H groups in total. The average Bonchev–Trinajstić information content (AvgIpc) is 3.18. The highest BCUT2D eigenvalue weighted by molar-refractivity contribution is 5.76. The second-order valence-corrected chi connectivity index (χ2v) is 8.11. The Bertz CT molecular complexity index is 985. The van der Waals surface area contributed by atoms with Crippen molar-refractivity contribution in [2.24, 2.45) is 5.41 Å². The van der Waals surface area contributed by atoms with Crippen LogP contribution in [-0.2, 0) is 6.42 Å². The minimum Gasteiger partial charge on any atom is -0.464 e. The molecule has 1 heterocycles. The molecule has 0 aliphatic heterocycles. The largest absolute Gasteiger partial charge is 0.464 e. The summed E-state index contributed by atoms with van der Waals surface area (Å²) in [6.07, 6.45) is 6.53. The number of aryl methyl sites for hydroxylation is 1. The number of hydrogen-bond donors (Lipinski definition) is 0. The van der Waals surface area contributed by atoms with E-state index in [1.165, 1.54) is 40.7 Å². The van der Waals surface area contributed by atoms with Gasteiger partial charge in [-0.1, -0.05) is 62.4 Å². The van der Waals surface area contributed by atoms with Crippen LogP contribution in [0.15, 0.2) is 65.8 Å². The maximum Gasteiger partial charge on any atom is 0.134 e. The monoisotopic (exact) mass is 356 g/mol. The van der Waals surface area contributed by atoms with Gasteiger partial charge in [-0.15, -0.1) is 0 Å². The van der Waals surface area contributed by atoms with Gasteiger partial charge in [0.1, 0.15) is 5.76 Å². The average molecular weight is 357 g/mol. The topological polar surface area (TPSA) is 13.1 Å². The smallest absolute Gasteiger partial charge is 0.134 e. The zero-order valence-electron chi connectivity index (χ0n) is 16.6. The highest BCUT2D eigenvalue weighted by Gasteiger charge is 2.33. The first-order valence-corrected chi connectivity index (χ1v) is 10.0. The van der Waals surface area contributed by atoms with Crippen LogP contribution in [0.3, 0.4) is 0 Å². The highest BCUT2D eigenvalue weighted by Crippen LogP contribution is 2.46. The summed E-state index contributed by atoms with van der Waals surface area (Å²) in [5.74, 6) is 0.921. The number of furan rings is 1. The molecule has 2 aromatic carbocycles. The zero-order chi connectivity index (χ0) is 19.0. The minimum atomic E-state index is 0.384. The summed E-state index contributed by atoms with van der Waals surface area (Å²) in [6.45, 7) is 11.2. The van der Waals surface area contributed by atoms with Crippen LogP contribution in [0.25, 0.3) is 28.0 Å². The molecule has 4 rings (SSSR count). The molecular weight excluding hydrogens is 328 g/mol. The third-order valence-electron chi connectivity index (χ3n) is 6.38. The van der Waals surface area contributed by atoms with Gasteiger partial charge in [-0.05, 0) is 72.4 Å². The molecule has 0 fully saturated rings. The second kappa shape index (κ2) is 6.88. The Kier molecular flexibility index (Phi) is 4.55. The van der Waals surface area contributed by atoms with Crippen molar-refractivity contribution in [2.75, 3.05) is 0 Å². The first-order chi connectivity index (χ1) is 13.0.